The van der Waals surface area contributed by atoms with Crippen molar-refractivity contribution in [3.05, 3.63) is 29.8 Å². The van der Waals surface area contributed by atoms with Gasteiger partial charge in [0.25, 0.3) is 0 Å². The van der Waals surface area contributed by atoms with Crippen molar-refractivity contribution in [3.63, 3.8) is 0 Å². The van der Waals surface area contributed by atoms with Crippen LogP contribution >= 0.6 is 0 Å². The Labute approximate surface area is 138 Å². The number of sulfonamides is 1. The number of rotatable bonds is 8. The van der Waals surface area contributed by atoms with Gasteiger partial charge in [0, 0.05) is 18.7 Å². The molecule has 0 atom stereocenters. The molecule has 0 aromatic heterocycles. The standard InChI is InChI=1S/C17H26N2O3S/c1-23(21,22)18-13-15-9-11-16(12-10-15)19-17(20)8-4-7-14-5-2-3-6-14/h9-12,14,18H,2-8,13H2,1H3,(H,19,20). The highest BCUT2D eigenvalue weighted by Crippen LogP contribution is 2.28. The van der Waals surface area contributed by atoms with Crippen molar-refractivity contribution in [2.24, 2.45) is 5.92 Å². The summed E-state index contributed by atoms with van der Waals surface area (Å²) >= 11 is 0. The topological polar surface area (TPSA) is 75.3 Å². The molecule has 1 aromatic rings. The van der Waals surface area contributed by atoms with Crippen LogP contribution in [0.4, 0.5) is 5.69 Å². The Balaban J connectivity index is 1.70. The lowest BCUT2D eigenvalue weighted by molar-refractivity contribution is -0.116. The van der Waals surface area contributed by atoms with E-state index in [0.717, 1.165) is 36.3 Å². The van der Waals surface area contributed by atoms with E-state index < -0.39 is 10.0 Å². The summed E-state index contributed by atoms with van der Waals surface area (Å²) in [5, 5.41) is 2.89. The molecule has 2 N–H and O–H groups in total. The number of hydrogen-bond donors (Lipinski definition) is 2. The average molecular weight is 338 g/mol. The zero-order valence-corrected chi connectivity index (χ0v) is 14.5. The van der Waals surface area contributed by atoms with Gasteiger partial charge in [-0.15, -0.1) is 0 Å². The van der Waals surface area contributed by atoms with Crippen LogP contribution in [0.25, 0.3) is 0 Å². The van der Waals surface area contributed by atoms with Crippen molar-refractivity contribution >= 4 is 21.6 Å². The third kappa shape index (κ3) is 7.14. The second kappa shape index (κ2) is 8.45. The lowest BCUT2D eigenvalue weighted by atomic mass is 10.0. The molecule has 1 saturated carbocycles. The molecule has 0 spiro atoms. The summed E-state index contributed by atoms with van der Waals surface area (Å²) in [5.41, 5.74) is 1.61. The number of carbonyl (C=O) groups is 1. The fourth-order valence-electron chi connectivity index (χ4n) is 2.99. The first kappa shape index (κ1) is 17.9. The summed E-state index contributed by atoms with van der Waals surface area (Å²) in [6, 6.07) is 7.22. The average Bonchev–Trinajstić information content (AvgIpc) is 2.99. The van der Waals surface area contributed by atoms with Gasteiger partial charge in [-0.25, -0.2) is 13.1 Å². The molecule has 0 unspecified atom stereocenters. The highest BCUT2D eigenvalue weighted by Gasteiger charge is 2.14. The van der Waals surface area contributed by atoms with E-state index in [1.54, 1.807) is 12.1 Å². The second-order valence-electron chi connectivity index (χ2n) is 6.38. The molecule has 23 heavy (non-hydrogen) atoms. The molecular formula is C17H26N2O3S. The largest absolute Gasteiger partial charge is 0.326 e. The fourth-order valence-corrected chi connectivity index (χ4v) is 3.42. The maximum absolute atomic E-state index is 11.9. The van der Waals surface area contributed by atoms with Gasteiger partial charge in [-0.05, 0) is 36.5 Å². The van der Waals surface area contributed by atoms with Gasteiger partial charge in [-0.1, -0.05) is 37.8 Å². The molecule has 1 aliphatic carbocycles. The molecule has 0 bridgehead atoms. The van der Waals surface area contributed by atoms with Gasteiger partial charge in [0.15, 0.2) is 0 Å². The Kier molecular flexibility index (Phi) is 6.59. The number of nitrogens with one attached hydrogen (secondary N) is 2. The van der Waals surface area contributed by atoms with Crippen molar-refractivity contribution < 1.29 is 13.2 Å². The lowest BCUT2D eigenvalue weighted by Gasteiger charge is -2.09. The van der Waals surface area contributed by atoms with Crippen LogP contribution in [0, 0.1) is 5.92 Å². The summed E-state index contributed by atoms with van der Waals surface area (Å²) in [6.07, 6.45) is 9.14. The van der Waals surface area contributed by atoms with Crippen molar-refractivity contribution in [2.75, 3.05) is 11.6 Å². The molecule has 1 aromatic carbocycles. The van der Waals surface area contributed by atoms with E-state index >= 15 is 0 Å². The normalized spacial score (nSPS) is 15.7. The first-order valence-electron chi connectivity index (χ1n) is 8.26. The minimum absolute atomic E-state index is 0.0463. The predicted octanol–water partition coefficient (Wildman–Crippen LogP) is 3.03. The van der Waals surface area contributed by atoms with Gasteiger partial charge in [0.1, 0.15) is 0 Å². The molecule has 1 fully saturated rings. The molecule has 5 nitrogen and oxygen atoms in total. The summed E-state index contributed by atoms with van der Waals surface area (Å²) in [7, 11) is -3.19. The third-order valence-electron chi connectivity index (χ3n) is 4.27. The lowest BCUT2D eigenvalue weighted by Crippen LogP contribution is -2.21. The Morgan fingerprint density at radius 1 is 1.17 bits per heavy atom. The van der Waals surface area contributed by atoms with E-state index in [0.29, 0.717) is 6.42 Å². The van der Waals surface area contributed by atoms with E-state index in [9.17, 15) is 13.2 Å². The Hall–Kier alpha value is -1.40. The molecule has 0 radical (unpaired) electrons. The third-order valence-corrected chi connectivity index (χ3v) is 4.94. The summed E-state index contributed by atoms with van der Waals surface area (Å²) in [4.78, 5) is 11.9. The molecule has 1 amide bonds. The van der Waals surface area contributed by atoms with Gasteiger partial charge in [0.05, 0.1) is 6.26 Å². The quantitative estimate of drug-likeness (QED) is 0.765. The van der Waals surface area contributed by atoms with E-state index in [-0.39, 0.29) is 12.5 Å². The maximum atomic E-state index is 11.9. The summed E-state index contributed by atoms with van der Waals surface area (Å²) in [5.74, 6) is 0.870. The summed E-state index contributed by atoms with van der Waals surface area (Å²) in [6.45, 7) is 0.258. The second-order valence-corrected chi connectivity index (χ2v) is 8.21. The minimum Gasteiger partial charge on any atom is -0.326 e. The molecule has 0 saturated heterocycles. The van der Waals surface area contributed by atoms with E-state index in [1.165, 1.54) is 25.7 Å². The summed E-state index contributed by atoms with van der Waals surface area (Å²) < 4.78 is 24.5. The Morgan fingerprint density at radius 3 is 2.43 bits per heavy atom. The zero-order chi connectivity index (χ0) is 16.7. The monoisotopic (exact) mass is 338 g/mol. The van der Waals surface area contributed by atoms with E-state index in [4.69, 9.17) is 0 Å². The molecule has 0 heterocycles. The predicted molar refractivity (Wildman–Crippen MR) is 92.6 cm³/mol. The number of benzene rings is 1. The van der Waals surface area contributed by atoms with Crippen molar-refractivity contribution in [3.8, 4) is 0 Å². The van der Waals surface area contributed by atoms with Crippen LogP contribution in [0.15, 0.2) is 24.3 Å². The number of carbonyl (C=O) groups excluding carboxylic acids is 1. The van der Waals surface area contributed by atoms with Crippen molar-refractivity contribution in [1.82, 2.24) is 4.72 Å². The minimum atomic E-state index is -3.19. The van der Waals surface area contributed by atoms with E-state index in [1.807, 2.05) is 12.1 Å². The first-order valence-corrected chi connectivity index (χ1v) is 10.1. The van der Waals surface area contributed by atoms with Gasteiger partial charge in [-0.2, -0.15) is 0 Å². The molecule has 6 heteroatoms. The number of hydrogen-bond acceptors (Lipinski definition) is 3. The Bertz CT molecular complexity index is 605. The van der Waals surface area contributed by atoms with Gasteiger partial charge in [-0.3, -0.25) is 4.79 Å². The molecular weight excluding hydrogens is 312 g/mol. The molecule has 128 valence electrons. The van der Waals surface area contributed by atoms with Crippen LogP contribution in [0.1, 0.15) is 50.5 Å². The molecule has 1 aliphatic rings. The van der Waals surface area contributed by atoms with Crippen LogP contribution < -0.4 is 10.0 Å². The number of amides is 1. The van der Waals surface area contributed by atoms with Gasteiger partial charge < -0.3 is 5.32 Å². The van der Waals surface area contributed by atoms with Crippen LogP contribution in [-0.2, 0) is 21.4 Å². The SMILES string of the molecule is CS(=O)(=O)NCc1ccc(NC(=O)CCCC2CCCC2)cc1. The fraction of sp³-hybridized carbons (Fsp3) is 0.588. The van der Waals surface area contributed by atoms with Crippen molar-refractivity contribution in [2.45, 2.75) is 51.5 Å². The van der Waals surface area contributed by atoms with Crippen LogP contribution in [0.2, 0.25) is 0 Å². The molecule has 2 rings (SSSR count). The zero-order valence-electron chi connectivity index (χ0n) is 13.7. The number of anilines is 1. The van der Waals surface area contributed by atoms with Crippen molar-refractivity contribution in [1.29, 1.82) is 0 Å². The Morgan fingerprint density at radius 2 is 1.83 bits per heavy atom. The van der Waals surface area contributed by atoms with Crippen LogP contribution in [0.5, 0.6) is 0 Å². The smallest absolute Gasteiger partial charge is 0.224 e. The van der Waals surface area contributed by atoms with Crippen LogP contribution in [0.3, 0.4) is 0 Å². The maximum Gasteiger partial charge on any atom is 0.224 e. The highest BCUT2D eigenvalue weighted by atomic mass is 32.2. The van der Waals surface area contributed by atoms with Crippen LogP contribution in [-0.4, -0.2) is 20.6 Å². The molecule has 0 aliphatic heterocycles. The van der Waals surface area contributed by atoms with Gasteiger partial charge in [0.2, 0.25) is 15.9 Å². The van der Waals surface area contributed by atoms with Gasteiger partial charge >= 0.3 is 0 Å². The first-order chi connectivity index (χ1) is 10.9. The van der Waals surface area contributed by atoms with E-state index in [2.05, 4.69) is 10.0 Å². The highest BCUT2D eigenvalue weighted by molar-refractivity contribution is 7.88.